The number of hydrogen-bond acceptors (Lipinski definition) is 5. The van der Waals surface area contributed by atoms with Crippen molar-refractivity contribution in [2.24, 2.45) is 0 Å². The van der Waals surface area contributed by atoms with E-state index in [9.17, 15) is 4.79 Å². The summed E-state index contributed by atoms with van der Waals surface area (Å²) in [4.78, 5) is 12.1. The van der Waals surface area contributed by atoms with Crippen LogP contribution in [0.25, 0.3) is 17.0 Å². The zero-order chi connectivity index (χ0) is 19.9. The number of rotatable bonds is 8. The molecule has 3 aromatic rings. The second kappa shape index (κ2) is 8.99. The molecule has 0 aliphatic heterocycles. The second-order valence-corrected chi connectivity index (χ2v) is 6.09. The van der Waals surface area contributed by atoms with Crippen LogP contribution >= 0.6 is 0 Å². The van der Waals surface area contributed by atoms with Gasteiger partial charge in [-0.05, 0) is 42.3 Å². The molecule has 0 unspecified atom stereocenters. The summed E-state index contributed by atoms with van der Waals surface area (Å²) in [7, 11) is 4.79. The van der Waals surface area contributed by atoms with Crippen LogP contribution in [-0.4, -0.2) is 33.8 Å². The largest absolute Gasteiger partial charge is 0.493 e. The Labute approximate surface area is 163 Å². The summed E-state index contributed by atoms with van der Waals surface area (Å²) in [6.45, 7) is 0.507. The molecular formula is C22H23NO5. The molecule has 3 rings (SSSR count). The van der Waals surface area contributed by atoms with Crippen molar-refractivity contribution < 1.29 is 23.4 Å². The molecule has 0 saturated carbocycles. The van der Waals surface area contributed by atoms with Gasteiger partial charge in [0.05, 0.1) is 21.3 Å². The Morgan fingerprint density at radius 1 is 1.00 bits per heavy atom. The lowest BCUT2D eigenvalue weighted by molar-refractivity contribution is -0.116. The zero-order valence-electron chi connectivity index (χ0n) is 16.2. The van der Waals surface area contributed by atoms with Crippen molar-refractivity contribution in [1.82, 2.24) is 5.32 Å². The van der Waals surface area contributed by atoms with E-state index in [1.807, 2.05) is 42.5 Å². The highest BCUT2D eigenvalue weighted by molar-refractivity contribution is 5.92. The van der Waals surface area contributed by atoms with Gasteiger partial charge in [0, 0.05) is 18.0 Å². The Bertz CT molecular complexity index is 990. The third kappa shape index (κ3) is 4.46. The molecule has 0 radical (unpaired) electrons. The van der Waals surface area contributed by atoms with Crippen molar-refractivity contribution in [3.63, 3.8) is 0 Å². The van der Waals surface area contributed by atoms with Crippen LogP contribution in [0.2, 0.25) is 0 Å². The van der Waals surface area contributed by atoms with Gasteiger partial charge in [0.15, 0.2) is 22.8 Å². The molecule has 0 aliphatic carbocycles. The van der Waals surface area contributed by atoms with E-state index in [1.54, 1.807) is 27.4 Å². The molecule has 0 atom stereocenters. The van der Waals surface area contributed by atoms with Crippen LogP contribution in [-0.2, 0) is 11.2 Å². The number of carbonyl (C=O) groups is 1. The molecule has 0 aliphatic rings. The molecule has 0 spiro atoms. The quantitative estimate of drug-likeness (QED) is 0.601. The fourth-order valence-corrected chi connectivity index (χ4v) is 2.88. The van der Waals surface area contributed by atoms with E-state index in [-0.39, 0.29) is 5.91 Å². The van der Waals surface area contributed by atoms with Gasteiger partial charge in [-0.3, -0.25) is 4.79 Å². The standard InChI is InChI=1S/C22H23NO5/c1-25-18-9-7-15(13-20(18)27-3)11-12-23-21(24)10-8-17-14-16-5-4-6-19(26-2)22(16)28-17/h4-10,13-14H,11-12H2,1-3H3,(H,23,24)/b10-8+. The Balaban J connectivity index is 1.56. The lowest BCUT2D eigenvalue weighted by Gasteiger charge is -2.09. The first-order chi connectivity index (χ1) is 13.6. The lowest BCUT2D eigenvalue weighted by atomic mass is 10.1. The second-order valence-electron chi connectivity index (χ2n) is 6.09. The first-order valence-corrected chi connectivity index (χ1v) is 8.88. The van der Waals surface area contributed by atoms with Gasteiger partial charge in [-0.25, -0.2) is 0 Å². The van der Waals surface area contributed by atoms with Crippen molar-refractivity contribution in [2.45, 2.75) is 6.42 Å². The van der Waals surface area contributed by atoms with Gasteiger partial charge in [-0.2, -0.15) is 0 Å². The summed E-state index contributed by atoms with van der Waals surface area (Å²) in [5.41, 5.74) is 1.71. The molecular weight excluding hydrogens is 358 g/mol. The third-order valence-electron chi connectivity index (χ3n) is 4.31. The topological polar surface area (TPSA) is 69.9 Å². The average Bonchev–Trinajstić information content (AvgIpc) is 3.15. The Morgan fingerprint density at radius 3 is 2.54 bits per heavy atom. The number of benzene rings is 2. The summed E-state index contributed by atoms with van der Waals surface area (Å²) < 4.78 is 21.5. The number of ether oxygens (including phenoxy) is 3. The third-order valence-corrected chi connectivity index (χ3v) is 4.31. The van der Waals surface area contributed by atoms with Gasteiger partial charge in [0.25, 0.3) is 0 Å². The molecule has 0 saturated heterocycles. The number of para-hydroxylation sites is 1. The monoisotopic (exact) mass is 381 g/mol. The van der Waals surface area contributed by atoms with Gasteiger partial charge >= 0.3 is 0 Å². The molecule has 2 aromatic carbocycles. The number of fused-ring (bicyclic) bond motifs is 1. The minimum absolute atomic E-state index is 0.187. The van der Waals surface area contributed by atoms with E-state index in [0.29, 0.717) is 41.6 Å². The fourth-order valence-electron chi connectivity index (χ4n) is 2.88. The number of methoxy groups -OCH3 is 3. The highest BCUT2D eigenvalue weighted by Gasteiger charge is 2.07. The van der Waals surface area contributed by atoms with Crippen molar-refractivity contribution in [2.75, 3.05) is 27.9 Å². The summed E-state index contributed by atoms with van der Waals surface area (Å²) in [5, 5.41) is 3.78. The van der Waals surface area contributed by atoms with Crippen LogP contribution in [0.15, 0.2) is 53.0 Å². The maximum absolute atomic E-state index is 12.1. The van der Waals surface area contributed by atoms with E-state index in [0.717, 1.165) is 10.9 Å². The maximum Gasteiger partial charge on any atom is 0.244 e. The van der Waals surface area contributed by atoms with Crippen LogP contribution in [0.1, 0.15) is 11.3 Å². The van der Waals surface area contributed by atoms with Gasteiger partial charge < -0.3 is 23.9 Å². The summed E-state index contributed by atoms with van der Waals surface area (Å²) in [6, 6.07) is 13.2. The van der Waals surface area contributed by atoms with Crippen molar-refractivity contribution in [3.05, 3.63) is 59.9 Å². The van der Waals surface area contributed by atoms with Gasteiger partial charge in [-0.15, -0.1) is 0 Å². The number of nitrogens with one attached hydrogen (secondary N) is 1. The molecule has 0 fully saturated rings. The van der Waals surface area contributed by atoms with Crippen LogP contribution < -0.4 is 19.5 Å². The fraction of sp³-hybridized carbons (Fsp3) is 0.227. The van der Waals surface area contributed by atoms with Crippen molar-refractivity contribution in [3.8, 4) is 17.2 Å². The van der Waals surface area contributed by atoms with Crippen LogP contribution in [0.5, 0.6) is 17.2 Å². The minimum Gasteiger partial charge on any atom is -0.493 e. The van der Waals surface area contributed by atoms with E-state index in [4.69, 9.17) is 18.6 Å². The molecule has 0 bridgehead atoms. The average molecular weight is 381 g/mol. The predicted molar refractivity (Wildman–Crippen MR) is 108 cm³/mol. The van der Waals surface area contributed by atoms with E-state index >= 15 is 0 Å². The molecule has 146 valence electrons. The number of furan rings is 1. The van der Waals surface area contributed by atoms with E-state index in [1.165, 1.54) is 6.08 Å². The number of hydrogen-bond donors (Lipinski definition) is 1. The van der Waals surface area contributed by atoms with Crippen LogP contribution in [0.3, 0.4) is 0 Å². The van der Waals surface area contributed by atoms with Gasteiger partial charge in [0.1, 0.15) is 5.76 Å². The Morgan fingerprint density at radius 2 is 1.79 bits per heavy atom. The van der Waals surface area contributed by atoms with Crippen LogP contribution in [0.4, 0.5) is 0 Å². The van der Waals surface area contributed by atoms with Crippen molar-refractivity contribution >= 4 is 23.0 Å². The zero-order valence-corrected chi connectivity index (χ0v) is 16.2. The highest BCUT2D eigenvalue weighted by atomic mass is 16.5. The molecule has 1 amide bonds. The highest BCUT2D eigenvalue weighted by Crippen LogP contribution is 2.29. The van der Waals surface area contributed by atoms with E-state index in [2.05, 4.69) is 5.32 Å². The van der Waals surface area contributed by atoms with Crippen LogP contribution in [0, 0.1) is 0 Å². The molecule has 1 aromatic heterocycles. The maximum atomic E-state index is 12.1. The molecule has 28 heavy (non-hydrogen) atoms. The normalized spacial score (nSPS) is 11.0. The first-order valence-electron chi connectivity index (χ1n) is 8.88. The Hall–Kier alpha value is -3.41. The summed E-state index contributed by atoms with van der Waals surface area (Å²) in [6.07, 6.45) is 3.78. The van der Waals surface area contributed by atoms with Gasteiger partial charge in [0.2, 0.25) is 5.91 Å². The van der Waals surface area contributed by atoms with E-state index < -0.39 is 0 Å². The lowest BCUT2D eigenvalue weighted by Crippen LogP contribution is -2.23. The number of carbonyl (C=O) groups excluding carboxylic acids is 1. The van der Waals surface area contributed by atoms with Gasteiger partial charge in [-0.1, -0.05) is 18.2 Å². The number of amides is 1. The molecule has 6 nitrogen and oxygen atoms in total. The molecule has 1 N–H and O–H groups in total. The molecule has 1 heterocycles. The smallest absolute Gasteiger partial charge is 0.244 e. The minimum atomic E-state index is -0.187. The summed E-state index contributed by atoms with van der Waals surface area (Å²) in [5.74, 6) is 2.42. The SMILES string of the molecule is COc1ccc(CCNC(=O)/C=C/c2cc3cccc(OC)c3o2)cc1OC. The van der Waals surface area contributed by atoms with Crippen molar-refractivity contribution in [1.29, 1.82) is 0 Å². The predicted octanol–water partition coefficient (Wildman–Crippen LogP) is 3.83. The summed E-state index contributed by atoms with van der Waals surface area (Å²) >= 11 is 0. The Kier molecular flexibility index (Phi) is 6.22. The first kappa shape index (κ1) is 19.4. The molecule has 6 heteroatoms.